The number of H-pyrrole nitrogens is 1. The van der Waals surface area contributed by atoms with Crippen molar-refractivity contribution in [2.45, 2.75) is 47.0 Å². The average Bonchev–Trinajstić information content (AvgIpc) is 3.65. The van der Waals surface area contributed by atoms with Crippen LogP contribution in [-0.4, -0.2) is 68.7 Å². The molecule has 13 heteroatoms. The Morgan fingerprint density at radius 3 is 2.27 bits per heavy atom. The number of hydrogen-bond donors (Lipinski definition) is 1. The molecule has 3 aromatic carbocycles. The second-order valence-electron chi connectivity index (χ2n) is 11.4. The van der Waals surface area contributed by atoms with Crippen molar-refractivity contribution in [3.05, 3.63) is 96.2 Å². The van der Waals surface area contributed by atoms with E-state index in [1.54, 1.807) is 42.6 Å². The van der Waals surface area contributed by atoms with Crippen LogP contribution in [0.2, 0.25) is 0 Å². The van der Waals surface area contributed by atoms with Gasteiger partial charge in [0, 0.05) is 44.4 Å². The lowest BCUT2D eigenvalue weighted by atomic mass is 9.72. The van der Waals surface area contributed by atoms with Gasteiger partial charge in [0.2, 0.25) is 0 Å². The molecule has 0 bridgehead atoms. The highest BCUT2D eigenvalue weighted by Gasteiger charge is 2.75. The van der Waals surface area contributed by atoms with Crippen LogP contribution in [0.3, 0.4) is 0 Å². The Bertz CT molecular complexity index is 2030. The normalized spacial score (nSPS) is 25.8. The van der Waals surface area contributed by atoms with Gasteiger partial charge in [0.15, 0.2) is 20.5 Å². The summed E-state index contributed by atoms with van der Waals surface area (Å²) in [5.74, 6) is -1.18. The van der Waals surface area contributed by atoms with Gasteiger partial charge in [-0.05, 0) is 47.2 Å². The molecule has 3 aliphatic rings. The number of carbonyl (C=O) groups is 4. The molecule has 7 rings (SSSR count). The van der Waals surface area contributed by atoms with E-state index in [0.29, 0.717) is 28.6 Å². The number of piperazine rings is 1. The van der Waals surface area contributed by atoms with Gasteiger partial charge in [0.25, 0.3) is 21.8 Å². The molecule has 1 N–H and O–H groups in total. The molecule has 2 amide bonds. The molecule has 2 saturated heterocycles. The first-order valence-corrected chi connectivity index (χ1v) is 17.3. The van der Waals surface area contributed by atoms with Crippen LogP contribution in [0.1, 0.15) is 31.4 Å². The molecule has 0 aliphatic carbocycles. The van der Waals surface area contributed by atoms with Crippen LogP contribution in [-0.2, 0) is 34.6 Å². The highest BCUT2D eigenvalue weighted by molar-refractivity contribution is 8.15. The smallest absolute Gasteiger partial charge is 0.266 e. The Labute approximate surface area is 268 Å². The Morgan fingerprint density at radius 2 is 1.56 bits per heavy atom. The third kappa shape index (κ3) is 3.99. The van der Waals surface area contributed by atoms with E-state index in [9.17, 15) is 27.6 Å². The Morgan fingerprint density at radius 1 is 0.889 bits per heavy atom. The monoisotopic (exact) mass is 660 g/mol. The van der Waals surface area contributed by atoms with Crippen molar-refractivity contribution in [3.8, 4) is 0 Å². The number of nitrogens with zero attached hydrogens (tertiary/aromatic N) is 3. The minimum absolute atomic E-state index is 0.00816. The predicted molar refractivity (Wildman–Crippen MR) is 173 cm³/mol. The number of benzene rings is 3. The zero-order valence-electron chi connectivity index (χ0n) is 24.5. The fourth-order valence-corrected chi connectivity index (χ4v) is 11.0. The molecular weight excluding hydrogens is 633 g/mol. The SMILES string of the molecule is CC(=O)S[C@H]1C(=O)N2[C@H]3N(S(=O)(=O)c4ccccc4)c4ccccc4[C@@]3(c3c[nH]c4ccccc34)C[C@]2(SC(C)=O)C(=O)N1C. The molecule has 4 aromatic rings. The van der Waals surface area contributed by atoms with Gasteiger partial charge in [-0.1, -0.05) is 66.4 Å². The van der Waals surface area contributed by atoms with Gasteiger partial charge in [-0.25, -0.2) is 12.7 Å². The van der Waals surface area contributed by atoms with Crippen molar-refractivity contribution in [2.24, 2.45) is 0 Å². The molecule has 2 fully saturated rings. The van der Waals surface area contributed by atoms with Gasteiger partial charge in [-0.15, -0.1) is 0 Å². The van der Waals surface area contributed by atoms with E-state index in [1.165, 1.54) is 47.1 Å². The average molecular weight is 661 g/mol. The second-order valence-corrected chi connectivity index (χ2v) is 15.9. The van der Waals surface area contributed by atoms with Crippen LogP contribution < -0.4 is 4.31 Å². The van der Waals surface area contributed by atoms with E-state index < -0.39 is 48.8 Å². The van der Waals surface area contributed by atoms with E-state index in [-0.39, 0.29) is 16.4 Å². The number of anilines is 1. The summed E-state index contributed by atoms with van der Waals surface area (Å²) in [6, 6.07) is 22.6. The van der Waals surface area contributed by atoms with Crippen molar-refractivity contribution in [1.29, 1.82) is 0 Å². The molecule has 0 radical (unpaired) electrons. The number of likely N-dealkylation sites (N-methyl/N-ethyl adjacent to an activating group) is 1. The largest absolute Gasteiger partial charge is 0.361 e. The van der Waals surface area contributed by atoms with Gasteiger partial charge in [0.1, 0.15) is 6.17 Å². The zero-order valence-corrected chi connectivity index (χ0v) is 26.9. The summed E-state index contributed by atoms with van der Waals surface area (Å²) in [7, 11) is -2.91. The Balaban J connectivity index is 1.61. The lowest BCUT2D eigenvalue weighted by Crippen LogP contribution is -2.70. The van der Waals surface area contributed by atoms with E-state index in [1.807, 2.05) is 30.3 Å². The topological polar surface area (TPSA) is 128 Å². The molecule has 0 saturated carbocycles. The summed E-state index contributed by atoms with van der Waals surface area (Å²) in [6.45, 7) is 2.63. The molecule has 1 aromatic heterocycles. The summed E-state index contributed by atoms with van der Waals surface area (Å²) in [5, 5.41) is -1.25. The van der Waals surface area contributed by atoms with Crippen molar-refractivity contribution in [2.75, 3.05) is 11.4 Å². The molecule has 3 aliphatic heterocycles. The summed E-state index contributed by atoms with van der Waals surface area (Å²) in [6.07, 6.45) is 0.436. The molecule has 10 nitrogen and oxygen atoms in total. The molecule has 4 atom stereocenters. The quantitative estimate of drug-likeness (QED) is 0.336. The maximum Gasteiger partial charge on any atom is 0.266 e. The first kappa shape index (κ1) is 29.6. The number of rotatable bonds is 5. The van der Waals surface area contributed by atoms with Gasteiger partial charge in [0.05, 0.1) is 16.0 Å². The fraction of sp³-hybridized carbons (Fsp3) is 0.250. The number of para-hydroxylation sites is 2. The van der Waals surface area contributed by atoms with Crippen LogP contribution in [0.4, 0.5) is 5.69 Å². The van der Waals surface area contributed by atoms with E-state index in [4.69, 9.17) is 0 Å². The summed E-state index contributed by atoms with van der Waals surface area (Å²) in [4.78, 5) is 58.7. The number of aromatic amines is 1. The molecule has 4 heterocycles. The lowest BCUT2D eigenvalue weighted by molar-refractivity contribution is -0.157. The minimum Gasteiger partial charge on any atom is -0.361 e. The van der Waals surface area contributed by atoms with E-state index in [2.05, 4.69) is 4.98 Å². The standard InChI is InChI=1S/C32H28N4O6S3/c1-19(37)43-28-27(39)35-29-31(24-17-33-25-15-9-7-13-22(24)25,18-32(35,44-20(2)38)30(40)34(28)3)23-14-8-10-16-26(23)36(29)45(41,42)21-11-5-4-6-12-21/h4-17,28-29,33H,18H2,1-3H3/t28-,29-,31+,32-/m0/s1. The van der Waals surface area contributed by atoms with Crippen LogP contribution in [0.5, 0.6) is 0 Å². The van der Waals surface area contributed by atoms with Gasteiger partial charge in [-0.3, -0.25) is 24.1 Å². The minimum atomic E-state index is -4.35. The fourth-order valence-electron chi connectivity index (χ4n) is 7.27. The van der Waals surface area contributed by atoms with Crippen LogP contribution in [0.15, 0.2) is 90.0 Å². The third-order valence-electron chi connectivity index (χ3n) is 8.85. The maximum absolute atomic E-state index is 14.8. The predicted octanol–water partition coefficient (Wildman–Crippen LogP) is 4.28. The first-order chi connectivity index (χ1) is 21.4. The van der Waals surface area contributed by atoms with E-state index in [0.717, 1.165) is 22.7 Å². The van der Waals surface area contributed by atoms with Gasteiger partial charge < -0.3 is 9.88 Å². The third-order valence-corrected chi connectivity index (χ3v) is 12.8. The van der Waals surface area contributed by atoms with E-state index >= 15 is 0 Å². The first-order valence-electron chi connectivity index (χ1n) is 14.2. The van der Waals surface area contributed by atoms with Crippen molar-refractivity contribution in [3.63, 3.8) is 0 Å². The molecule has 0 spiro atoms. The van der Waals surface area contributed by atoms with Gasteiger partial charge >= 0.3 is 0 Å². The lowest BCUT2D eigenvalue weighted by Gasteiger charge is -2.49. The number of thioether (sulfide) groups is 2. The highest BCUT2D eigenvalue weighted by Crippen LogP contribution is 2.66. The Kier molecular flexibility index (Phi) is 6.73. The summed E-state index contributed by atoms with van der Waals surface area (Å²) < 4.78 is 30.8. The number of sulfonamides is 1. The van der Waals surface area contributed by atoms with Crippen molar-refractivity contribution in [1.82, 2.24) is 14.8 Å². The number of nitrogens with one attached hydrogen (secondary N) is 1. The van der Waals surface area contributed by atoms with Crippen LogP contribution in [0.25, 0.3) is 10.9 Å². The molecular formula is C32H28N4O6S3. The highest BCUT2D eigenvalue weighted by atomic mass is 32.2. The van der Waals surface area contributed by atoms with Crippen LogP contribution in [0, 0.1) is 0 Å². The van der Waals surface area contributed by atoms with Gasteiger partial charge in [-0.2, -0.15) is 0 Å². The number of carbonyl (C=O) groups excluding carboxylic acids is 4. The summed E-state index contributed by atoms with van der Waals surface area (Å²) in [5.41, 5.74) is 1.17. The molecule has 45 heavy (non-hydrogen) atoms. The van der Waals surface area contributed by atoms with Crippen LogP contribution >= 0.6 is 23.5 Å². The number of fused-ring (bicyclic) bond motifs is 6. The maximum atomic E-state index is 14.8. The van der Waals surface area contributed by atoms with Crippen molar-refractivity contribution >= 4 is 72.2 Å². The second kappa shape index (κ2) is 10.2. The zero-order chi connectivity index (χ0) is 31.9. The number of hydrogen-bond acceptors (Lipinski definition) is 8. The molecule has 0 unspecified atom stereocenters. The molecule has 230 valence electrons. The Hall–Kier alpha value is -4.07. The summed E-state index contributed by atoms with van der Waals surface area (Å²) >= 11 is 1.41. The van der Waals surface area contributed by atoms with Crippen molar-refractivity contribution < 1.29 is 27.6 Å². The number of aromatic nitrogens is 1. The number of amides is 2.